The first-order valence-corrected chi connectivity index (χ1v) is 8.32. The Labute approximate surface area is 143 Å². The van der Waals surface area contributed by atoms with Gasteiger partial charge in [-0.2, -0.15) is 0 Å². The van der Waals surface area contributed by atoms with E-state index in [-0.39, 0.29) is 12.9 Å². The van der Waals surface area contributed by atoms with E-state index >= 15 is 0 Å². The van der Waals surface area contributed by atoms with Crippen LogP contribution in [0.2, 0.25) is 0 Å². The second-order valence-electron chi connectivity index (χ2n) is 7.21. The van der Waals surface area contributed by atoms with E-state index in [1.165, 1.54) is 0 Å². The Morgan fingerprint density at radius 3 is 2.38 bits per heavy atom. The average Bonchev–Trinajstić information content (AvgIpc) is 3.12. The summed E-state index contributed by atoms with van der Waals surface area (Å²) >= 11 is 0. The van der Waals surface area contributed by atoms with Crippen LogP contribution in [-0.2, 0) is 18.8 Å². The normalized spacial score (nSPS) is 23.9. The molecule has 130 valence electrons. The van der Waals surface area contributed by atoms with Gasteiger partial charge >= 0.3 is 7.12 Å². The van der Waals surface area contributed by atoms with Gasteiger partial charge in [0.05, 0.1) is 31.0 Å². The summed E-state index contributed by atoms with van der Waals surface area (Å²) < 4.78 is 23.1. The second kappa shape index (κ2) is 6.62. The van der Waals surface area contributed by atoms with E-state index < -0.39 is 18.3 Å². The summed E-state index contributed by atoms with van der Waals surface area (Å²) in [5.74, 6) is 0. The molecule has 5 nitrogen and oxygen atoms in total. The van der Waals surface area contributed by atoms with Gasteiger partial charge in [0.25, 0.3) is 0 Å². The third-order valence-corrected chi connectivity index (χ3v) is 4.90. The maximum atomic E-state index is 9.79. The molecule has 6 heteroatoms. The SMILES string of the molecule is CC1(C)OB(C(=Cc2cccc(C3OCCO3)c2)CO)OC1(C)C. The van der Waals surface area contributed by atoms with Gasteiger partial charge in [-0.1, -0.05) is 24.3 Å². The number of hydrogen-bond acceptors (Lipinski definition) is 5. The smallest absolute Gasteiger partial charge is 0.400 e. The predicted octanol–water partition coefficient (Wildman–Crippen LogP) is 2.74. The summed E-state index contributed by atoms with van der Waals surface area (Å²) in [5, 5.41) is 9.79. The Morgan fingerprint density at radius 2 is 1.79 bits per heavy atom. The van der Waals surface area contributed by atoms with Crippen molar-refractivity contribution >= 4 is 13.2 Å². The minimum Gasteiger partial charge on any atom is -0.400 e. The highest BCUT2D eigenvalue weighted by Crippen LogP contribution is 2.38. The monoisotopic (exact) mass is 332 g/mol. The van der Waals surface area contributed by atoms with Gasteiger partial charge in [-0.3, -0.25) is 0 Å². The number of aliphatic hydroxyl groups excluding tert-OH is 1. The van der Waals surface area contributed by atoms with Gasteiger partial charge in [-0.15, -0.1) is 0 Å². The minimum absolute atomic E-state index is 0.127. The summed E-state index contributed by atoms with van der Waals surface area (Å²) in [6.07, 6.45) is 1.59. The van der Waals surface area contributed by atoms with E-state index in [2.05, 4.69) is 0 Å². The Balaban J connectivity index is 1.82. The van der Waals surface area contributed by atoms with Gasteiger partial charge in [0.15, 0.2) is 6.29 Å². The lowest BCUT2D eigenvalue weighted by Crippen LogP contribution is -2.41. The maximum Gasteiger partial charge on any atom is 0.492 e. The minimum atomic E-state index is -0.553. The lowest BCUT2D eigenvalue weighted by Gasteiger charge is -2.32. The quantitative estimate of drug-likeness (QED) is 0.859. The van der Waals surface area contributed by atoms with Crippen LogP contribution in [0.3, 0.4) is 0 Å². The molecule has 0 amide bonds. The fraction of sp³-hybridized carbons (Fsp3) is 0.556. The molecule has 2 aliphatic heterocycles. The molecule has 2 saturated heterocycles. The molecule has 3 rings (SSSR count). The van der Waals surface area contributed by atoms with Crippen LogP contribution in [0, 0.1) is 0 Å². The van der Waals surface area contributed by atoms with Gasteiger partial charge in [0.1, 0.15) is 0 Å². The molecule has 24 heavy (non-hydrogen) atoms. The number of ether oxygens (including phenoxy) is 2. The molecule has 0 aromatic heterocycles. The van der Waals surface area contributed by atoms with Crippen LogP contribution in [-0.4, -0.2) is 43.2 Å². The molecule has 0 atom stereocenters. The molecule has 2 fully saturated rings. The highest BCUT2D eigenvalue weighted by Gasteiger charge is 2.52. The molecule has 0 aliphatic carbocycles. The first-order chi connectivity index (χ1) is 11.3. The third kappa shape index (κ3) is 3.43. The van der Waals surface area contributed by atoms with Crippen LogP contribution in [0.1, 0.15) is 45.1 Å². The van der Waals surface area contributed by atoms with Crippen molar-refractivity contribution in [3.63, 3.8) is 0 Å². The zero-order valence-electron chi connectivity index (χ0n) is 14.7. The van der Waals surface area contributed by atoms with Gasteiger partial charge in [-0.05, 0) is 44.8 Å². The second-order valence-corrected chi connectivity index (χ2v) is 7.21. The molecular weight excluding hydrogens is 307 g/mol. The summed E-state index contributed by atoms with van der Waals surface area (Å²) in [5.41, 5.74) is 1.75. The maximum absolute atomic E-state index is 9.79. The summed E-state index contributed by atoms with van der Waals surface area (Å²) in [6.45, 7) is 9.09. The molecule has 2 aliphatic rings. The van der Waals surface area contributed by atoms with Crippen molar-refractivity contribution in [3.05, 3.63) is 40.9 Å². The van der Waals surface area contributed by atoms with Crippen LogP contribution >= 0.6 is 0 Å². The molecule has 0 spiro atoms. The standard InChI is InChI=1S/C18H25BO5/c1-17(2)18(3,4)24-19(23-17)15(12-20)11-13-6-5-7-14(10-13)16-21-8-9-22-16/h5-7,10-11,16,20H,8-9,12H2,1-4H3. The number of aliphatic hydroxyl groups is 1. The van der Waals surface area contributed by atoms with E-state index in [1.807, 2.05) is 58.0 Å². The molecule has 0 bridgehead atoms. The average molecular weight is 332 g/mol. The zero-order valence-corrected chi connectivity index (χ0v) is 14.7. The van der Waals surface area contributed by atoms with Crippen LogP contribution in [0.4, 0.5) is 0 Å². The zero-order chi connectivity index (χ0) is 17.4. The Kier molecular flexibility index (Phi) is 4.86. The fourth-order valence-electron chi connectivity index (χ4n) is 2.74. The third-order valence-electron chi connectivity index (χ3n) is 4.90. The summed E-state index contributed by atoms with van der Waals surface area (Å²) in [7, 11) is -0.553. The molecule has 0 radical (unpaired) electrons. The van der Waals surface area contributed by atoms with Crippen LogP contribution in [0.25, 0.3) is 6.08 Å². The van der Waals surface area contributed by atoms with Gasteiger partial charge in [0, 0.05) is 5.56 Å². The van der Waals surface area contributed by atoms with Gasteiger partial charge in [0.2, 0.25) is 0 Å². The molecular formula is C18H25BO5. The topological polar surface area (TPSA) is 57.2 Å². The van der Waals surface area contributed by atoms with Crippen molar-refractivity contribution < 1.29 is 23.9 Å². The Bertz CT molecular complexity index is 604. The van der Waals surface area contributed by atoms with Gasteiger partial charge in [-0.25, -0.2) is 0 Å². The lowest BCUT2D eigenvalue weighted by atomic mass is 9.77. The van der Waals surface area contributed by atoms with Crippen molar-refractivity contribution in [3.8, 4) is 0 Å². The van der Waals surface area contributed by atoms with E-state index in [9.17, 15) is 5.11 Å². The van der Waals surface area contributed by atoms with E-state index in [0.717, 1.165) is 11.1 Å². The Morgan fingerprint density at radius 1 is 1.17 bits per heavy atom. The first-order valence-electron chi connectivity index (χ1n) is 8.32. The molecule has 2 heterocycles. The van der Waals surface area contributed by atoms with Crippen LogP contribution < -0.4 is 0 Å². The van der Waals surface area contributed by atoms with Gasteiger partial charge < -0.3 is 23.9 Å². The van der Waals surface area contributed by atoms with Crippen molar-refractivity contribution in [1.82, 2.24) is 0 Å². The van der Waals surface area contributed by atoms with Crippen molar-refractivity contribution in [2.45, 2.75) is 45.2 Å². The van der Waals surface area contributed by atoms with Crippen LogP contribution in [0.5, 0.6) is 0 Å². The van der Waals surface area contributed by atoms with E-state index in [1.54, 1.807) is 0 Å². The van der Waals surface area contributed by atoms with E-state index in [4.69, 9.17) is 18.8 Å². The van der Waals surface area contributed by atoms with Crippen molar-refractivity contribution in [1.29, 1.82) is 0 Å². The van der Waals surface area contributed by atoms with E-state index in [0.29, 0.717) is 18.7 Å². The summed E-state index contributed by atoms with van der Waals surface area (Å²) in [4.78, 5) is 0. The lowest BCUT2D eigenvalue weighted by molar-refractivity contribution is -0.0441. The number of hydrogen-bond donors (Lipinski definition) is 1. The number of rotatable bonds is 4. The van der Waals surface area contributed by atoms with Crippen molar-refractivity contribution in [2.24, 2.45) is 0 Å². The van der Waals surface area contributed by atoms with Crippen molar-refractivity contribution in [2.75, 3.05) is 19.8 Å². The largest absolute Gasteiger partial charge is 0.492 e. The molecule has 1 aromatic carbocycles. The molecule has 0 saturated carbocycles. The Hall–Kier alpha value is -1.18. The highest BCUT2D eigenvalue weighted by atomic mass is 16.7. The molecule has 1 aromatic rings. The summed E-state index contributed by atoms with van der Waals surface area (Å²) in [6, 6.07) is 7.89. The fourth-order valence-corrected chi connectivity index (χ4v) is 2.74. The first kappa shape index (κ1) is 17.6. The number of benzene rings is 1. The molecule has 1 N–H and O–H groups in total. The predicted molar refractivity (Wildman–Crippen MR) is 92.2 cm³/mol. The van der Waals surface area contributed by atoms with Crippen LogP contribution in [0.15, 0.2) is 29.7 Å². The molecule has 0 unspecified atom stereocenters. The highest BCUT2D eigenvalue weighted by molar-refractivity contribution is 6.55.